The van der Waals surface area contributed by atoms with Gasteiger partial charge in [-0.1, -0.05) is 70.2 Å². The second-order valence-electron chi connectivity index (χ2n) is 10.1. The Kier molecular flexibility index (Phi) is 9.10. The van der Waals surface area contributed by atoms with Gasteiger partial charge in [-0.3, -0.25) is 0 Å². The Morgan fingerprint density at radius 2 is 1.52 bits per heavy atom. The molecule has 1 aromatic rings. The quantitative estimate of drug-likeness (QED) is 0.413. The van der Waals surface area contributed by atoms with Gasteiger partial charge in [0.05, 0.1) is 6.07 Å². The van der Waals surface area contributed by atoms with E-state index in [1.807, 2.05) is 0 Å². The number of aryl methyl sites for hydroxylation is 1. The van der Waals surface area contributed by atoms with E-state index in [0.717, 1.165) is 17.8 Å². The van der Waals surface area contributed by atoms with Crippen LogP contribution in [0.1, 0.15) is 114 Å². The largest absolute Gasteiger partial charge is 0.198 e. The van der Waals surface area contributed by atoms with Crippen molar-refractivity contribution in [1.82, 2.24) is 0 Å². The molecule has 0 bridgehead atoms. The molecule has 2 aliphatic carbocycles. The normalized spacial score (nSPS) is 28.6. The van der Waals surface area contributed by atoms with Gasteiger partial charge in [0.2, 0.25) is 0 Å². The first-order valence-corrected chi connectivity index (χ1v) is 12.7. The highest BCUT2D eigenvalue weighted by Gasteiger charge is 2.31. The van der Waals surface area contributed by atoms with Crippen molar-refractivity contribution in [2.75, 3.05) is 0 Å². The van der Waals surface area contributed by atoms with E-state index in [4.69, 9.17) is 0 Å². The first-order valence-electron chi connectivity index (χ1n) is 12.7. The van der Waals surface area contributed by atoms with Crippen molar-refractivity contribution in [3.8, 4) is 6.07 Å². The summed E-state index contributed by atoms with van der Waals surface area (Å²) >= 11 is 0. The Hall–Kier alpha value is -1.29. The van der Waals surface area contributed by atoms with Gasteiger partial charge in [0.15, 0.2) is 0 Å². The molecular formula is C28H43N. The van der Waals surface area contributed by atoms with Crippen molar-refractivity contribution in [2.24, 2.45) is 23.7 Å². The Balaban J connectivity index is 1.43. The summed E-state index contributed by atoms with van der Waals surface area (Å²) in [5.74, 6) is 3.47. The summed E-state index contributed by atoms with van der Waals surface area (Å²) in [7, 11) is 0. The standard InChI is InChI=1S/C28H43N/c1-3-5-7-23-10-14-25(15-11-23)26-18-12-24(13-19-26)20-28(21-29)27-16-8-22(6-4-2)9-17-27/h10-11,14-15,22,24,26-28H,3-9,12-13,16-20H2,1-2H3/t22-,24-,26-,27-,28?. The molecule has 2 saturated carbocycles. The Morgan fingerprint density at radius 3 is 2.10 bits per heavy atom. The molecule has 3 rings (SSSR count). The average Bonchev–Trinajstić information content (AvgIpc) is 2.78. The van der Waals surface area contributed by atoms with Gasteiger partial charge in [-0.2, -0.15) is 5.26 Å². The summed E-state index contributed by atoms with van der Waals surface area (Å²) in [5, 5.41) is 9.85. The van der Waals surface area contributed by atoms with E-state index in [2.05, 4.69) is 44.2 Å². The van der Waals surface area contributed by atoms with Crippen molar-refractivity contribution in [2.45, 2.75) is 110 Å². The highest BCUT2D eigenvalue weighted by atomic mass is 14.4. The lowest BCUT2D eigenvalue weighted by molar-refractivity contribution is 0.189. The molecule has 0 heterocycles. The van der Waals surface area contributed by atoms with Crippen molar-refractivity contribution < 1.29 is 0 Å². The van der Waals surface area contributed by atoms with Gasteiger partial charge in [0.1, 0.15) is 0 Å². The number of hydrogen-bond acceptors (Lipinski definition) is 1. The van der Waals surface area contributed by atoms with Crippen LogP contribution >= 0.6 is 0 Å². The number of rotatable bonds is 9. The van der Waals surface area contributed by atoms with Crippen LogP contribution in [0.25, 0.3) is 0 Å². The maximum absolute atomic E-state index is 9.85. The molecule has 0 radical (unpaired) electrons. The van der Waals surface area contributed by atoms with Gasteiger partial charge in [-0.05, 0) is 92.6 Å². The number of benzene rings is 1. The molecule has 2 fully saturated rings. The predicted molar refractivity (Wildman–Crippen MR) is 124 cm³/mol. The summed E-state index contributed by atoms with van der Waals surface area (Å²) in [5.41, 5.74) is 3.05. The first kappa shape index (κ1) is 22.4. The van der Waals surface area contributed by atoms with Crippen LogP contribution in [0.2, 0.25) is 0 Å². The lowest BCUT2D eigenvalue weighted by atomic mass is 9.70. The van der Waals surface area contributed by atoms with E-state index in [1.54, 1.807) is 5.56 Å². The van der Waals surface area contributed by atoms with Gasteiger partial charge < -0.3 is 0 Å². The molecule has 1 nitrogen and oxygen atoms in total. The van der Waals surface area contributed by atoms with Gasteiger partial charge in [-0.15, -0.1) is 0 Å². The SMILES string of the molecule is CCCCc1ccc([C@H]2CC[C@H](CC(C#N)[C@H]3CC[C@H](CCC)CC3)CC2)cc1. The summed E-state index contributed by atoms with van der Waals surface area (Å²) in [6.45, 7) is 4.57. The lowest BCUT2D eigenvalue weighted by Gasteiger charge is -2.34. The molecule has 0 saturated heterocycles. The molecule has 1 heteroatoms. The van der Waals surface area contributed by atoms with Crippen LogP contribution in [0.3, 0.4) is 0 Å². The second kappa shape index (κ2) is 11.8. The third kappa shape index (κ3) is 6.60. The van der Waals surface area contributed by atoms with Crippen LogP contribution in [0.4, 0.5) is 0 Å². The summed E-state index contributed by atoms with van der Waals surface area (Å²) in [4.78, 5) is 0. The Morgan fingerprint density at radius 1 is 0.862 bits per heavy atom. The molecule has 0 spiro atoms. The van der Waals surface area contributed by atoms with Crippen molar-refractivity contribution in [3.63, 3.8) is 0 Å². The third-order valence-electron chi connectivity index (χ3n) is 8.03. The molecule has 1 aromatic carbocycles. The van der Waals surface area contributed by atoms with Crippen molar-refractivity contribution in [1.29, 1.82) is 5.26 Å². The summed E-state index contributed by atoms with van der Waals surface area (Å²) in [6.07, 6.45) is 18.3. The van der Waals surface area contributed by atoms with E-state index < -0.39 is 0 Å². The topological polar surface area (TPSA) is 23.8 Å². The predicted octanol–water partition coefficient (Wildman–Crippen LogP) is 8.44. The molecule has 1 atom stereocenters. The molecule has 0 aliphatic heterocycles. The minimum atomic E-state index is 0.317. The third-order valence-corrected chi connectivity index (χ3v) is 8.03. The molecule has 0 N–H and O–H groups in total. The number of hydrogen-bond donors (Lipinski definition) is 0. The molecule has 160 valence electrons. The average molecular weight is 394 g/mol. The summed E-state index contributed by atoms with van der Waals surface area (Å²) < 4.78 is 0. The maximum Gasteiger partial charge on any atom is 0.0658 e. The van der Waals surface area contributed by atoms with Gasteiger partial charge >= 0.3 is 0 Å². The molecule has 0 aromatic heterocycles. The fourth-order valence-electron chi connectivity index (χ4n) is 6.07. The van der Waals surface area contributed by atoms with Gasteiger partial charge in [-0.25, -0.2) is 0 Å². The zero-order valence-corrected chi connectivity index (χ0v) is 19.0. The second-order valence-corrected chi connectivity index (χ2v) is 10.1. The molecule has 29 heavy (non-hydrogen) atoms. The summed E-state index contributed by atoms with van der Waals surface area (Å²) in [6, 6.07) is 12.2. The maximum atomic E-state index is 9.85. The zero-order chi connectivity index (χ0) is 20.5. The Labute approximate surface area is 180 Å². The molecule has 1 unspecified atom stereocenters. The monoisotopic (exact) mass is 393 g/mol. The number of unbranched alkanes of at least 4 members (excludes halogenated alkanes) is 1. The fourth-order valence-corrected chi connectivity index (χ4v) is 6.07. The fraction of sp³-hybridized carbons (Fsp3) is 0.750. The van der Waals surface area contributed by atoms with Gasteiger partial charge in [0.25, 0.3) is 0 Å². The zero-order valence-electron chi connectivity index (χ0n) is 19.0. The van der Waals surface area contributed by atoms with Crippen LogP contribution in [0.5, 0.6) is 0 Å². The van der Waals surface area contributed by atoms with Crippen LogP contribution < -0.4 is 0 Å². The van der Waals surface area contributed by atoms with E-state index >= 15 is 0 Å². The van der Waals surface area contributed by atoms with Crippen molar-refractivity contribution in [3.05, 3.63) is 35.4 Å². The van der Waals surface area contributed by atoms with Crippen LogP contribution in [-0.2, 0) is 6.42 Å². The first-order chi connectivity index (χ1) is 14.2. The lowest BCUT2D eigenvalue weighted by Crippen LogP contribution is -2.24. The number of nitriles is 1. The van der Waals surface area contributed by atoms with Crippen LogP contribution in [0, 0.1) is 35.0 Å². The highest BCUT2D eigenvalue weighted by molar-refractivity contribution is 5.26. The van der Waals surface area contributed by atoms with E-state index in [0.29, 0.717) is 11.8 Å². The Bertz CT molecular complexity index is 609. The smallest absolute Gasteiger partial charge is 0.0658 e. The minimum Gasteiger partial charge on any atom is -0.198 e. The van der Waals surface area contributed by atoms with E-state index in [-0.39, 0.29) is 0 Å². The molecule has 2 aliphatic rings. The van der Waals surface area contributed by atoms with Gasteiger partial charge in [0, 0.05) is 5.92 Å². The number of nitrogens with zero attached hydrogens (tertiary/aromatic N) is 1. The van der Waals surface area contributed by atoms with Crippen LogP contribution in [-0.4, -0.2) is 0 Å². The molecular weight excluding hydrogens is 350 g/mol. The van der Waals surface area contributed by atoms with E-state index in [9.17, 15) is 5.26 Å². The highest BCUT2D eigenvalue weighted by Crippen LogP contribution is 2.42. The molecule has 0 amide bonds. The minimum absolute atomic E-state index is 0.317. The van der Waals surface area contributed by atoms with Crippen molar-refractivity contribution >= 4 is 0 Å². The van der Waals surface area contributed by atoms with E-state index in [1.165, 1.54) is 95.5 Å². The van der Waals surface area contributed by atoms with Crippen LogP contribution in [0.15, 0.2) is 24.3 Å².